The summed E-state index contributed by atoms with van der Waals surface area (Å²) in [5.74, 6) is 1.58. The van der Waals surface area contributed by atoms with Crippen molar-refractivity contribution in [2.45, 2.75) is 33.1 Å². The van der Waals surface area contributed by atoms with E-state index in [2.05, 4.69) is 18.7 Å². The normalized spacial score (nSPS) is 30.7. The molecule has 2 nitrogen and oxygen atoms in total. The molecule has 0 amide bonds. The summed E-state index contributed by atoms with van der Waals surface area (Å²) in [6.45, 7) is 9.26. The van der Waals surface area contributed by atoms with Crippen molar-refractivity contribution in [2.24, 2.45) is 17.6 Å². The predicted molar refractivity (Wildman–Crippen MR) is 57.7 cm³/mol. The van der Waals surface area contributed by atoms with E-state index in [1.165, 1.54) is 38.9 Å². The molecule has 0 aromatic carbocycles. The van der Waals surface area contributed by atoms with E-state index in [-0.39, 0.29) is 0 Å². The van der Waals surface area contributed by atoms with Gasteiger partial charge in [0.05, 0.1) is 0 Å². The summed E-state index contributed by atoms with van der Waals surface area (Å²) in [7, 11) is 0. The van der Waals surface area contributed by atoms with Gasteiger partial charge in [0.15, 0.2) is 0 Å². The van der Waals surface area contributed by atoms with Gasteiger partial charge >= 0.3 is 0 Å². The Morgan fingerprint density at radius 2 is 2.23 bits per heavy atom. The van der Waals surface area contributed by atoms with Crippen LogP contribution in [-0.4, -0.2) is 31.1 Å². The number of nitrogens with zero attached hydrogens (tertiary/aromatic N) is 1. The molecule has 1 aliphatic rings. The summed E-state index contributed by atoms with van der Waals surface area (Å²) in [6.07, 6.45) is 3.98. The lowest BCUT2D eigenvalue weighted by Gasteiger charge is -2.36. The number of piperidine rings is 1. The van der Waals surface area contributed by atoms with E-state index in [4.69, 9.17) is 5.73 Å². The highest BCUT2D eigenvalue weighted by molar-refractivity contribution is 4.78. The van der Waals surface area contributed by atoms with E-state index < -0.39 is 0 Å². The molecular formula is C11H24N2. The lowest BCUT2D eigenvalue weighted by molar-refractivity contribution is 0.131. The molecule has 0 radical (unpaired) electrons. The molecule has 0 bridgehead atoms. The summed E-state index contributed by atoms with van der Waals surface area (Å²) >= 11 is 0. The van der Waals surface area contributed by atoms with E-state index in [1.54, 1.807) is 0 Å². The molecule has 0 aromatic heterocycles. The second kappa shape index (κ2) is 5.61. The molecule has 1 aliphatic heterocycles. The van der Waals surface area contributed by atoms with Gasteiger partial charge in [-0.2, -0.15) is 0 Å². The van der Waals surface area contributed by atoms with Crippen molar-refractivity contribution in [3.63, 3.8) is 0 Å². The average Bonchev–Trinajstić information content (AvgIpc) is 2.16. The molecule has 0 saturated carbocycles. The minimum atomic E-state index is 0.741. The maximum atomic E-state index is 5.76. The summed E-state index contributed by atoms with van der Waals surface area (Å²) in [4.78, 5) is 2.58. The first-order chi connectivity index (χ1) is 6.27. The number of likely N-dealkylation sites (tertiary alicyclic amines) is 1. The molecule has 1 heterocycles. The first kappa shape index (κ1) is 11.0. The zero-order valence-corrected chi connectivity index (χ0v) is 9.13. The molecule has 1 fully saturated rings. The summed E-state index contributed by atoms with van der Waals surface area (Å²) < 4.78 is 0. The molecule has 0 spiro atoms. The third kappa shape index (κ3) is 3.28. The molecule has 2 atom stereocenters. The van der Waals surface area contributed by atoms with Gasteiger partial charge in [0.25, 0.3) is 0 Å². The monoisotopic (exact) mass is 184 g/mol. The Kier molecular flexibility index (Phi) is 4.74. The van der Waals surface area contributed by atoms with Crippen LogP contribution in [0, 0.1) is 11.8 Å². The lowest BCUT2D eigenvalue weighted by atomic mass is 9.87. The highest BCUT2D eigenvalue weighted by Crippen LogP contribution is 2.22. The molecule has 2 N–H and O–H groups in total. The Labute approximate surface area is 82.5 Å². The molecule has 13 heavy (non-hydrogen) atoms. The van der Waals surface area contributed by atoms with Gasteiger partial charge < -0.3 is 10.6 Å². The highest BCUT2D eigenvalue weighted by Gasteiger charge is 2.24. The largest absolute Gasteiger partial charge is 0.330 e. The van der Waals surface area contributed by atoms with E-state index in [0.717, 1.165) is 18.4 Å². The van der Waals surface area contributed by atoms with Crippen LogP contribution in [0.3, 0.4) is 0 Å². The molecule has 1 rings (SSSR count). The van der Waals surface area contributed by atoms with Crippen LogP contribution in [0.15, 0.2) is 0 Å². The van der Waals surface area contributed by atoms with Crippen molar-refractivity contribution in [3.05, 3.63) is 0 Å². The van der Waals surface area contributed by atoms with Crippen molar-refractivity contribution in [3.8, 4) is 0 Å². The van der Waals surface area contributed by atoms with Gasteiger partial charge in [-0.15, -0.1) is 0 Å². The number of hydrogen-bond donors (Lipinski definition) is 1. The summed E-state index contributed by atoms with van der Waals surface area (Å²) in [5.41, 5.74) is 5.76. The van der Waals surface area contributed by atoms with Crippen LogP contribution in [0.4, 0.5) is 0 Å². The van der Waals surface area contributed by atoms with Crippen molar-refractivity contribution in [1.29, 1.82) is 0 Å². The number of nitrogens with two attached hydrogens (primary N) is 1. The van der Waals surface area contributed by atoms with E-state index in [0.29, 0.717) is 0 Å². The van der Waals surface area contributed by atoms with Gasteiger partial charge in [0.1, 0.15) is 0 Å². The maximum absolute atomic E-state index is 5.76. The van der Waals surface area contributed by atoms with Gasteiger partial charge in [0.2, 0.25) is 0 Å². The zero-order chi connectivity index (χ0) is 9.68. The quantitative estimate of drug-likeness (QED) is 0.720. The van der Waals surface area contributed by atoms with Crippen LogP contribution in [0.1, 0.15) is 33.1 Å². The maximum Gasteiger partial charge on any atom is 0.00243 e. The molecular weight excluding hydrogens is 160 g/mol. The Bertz CT molecular complexity index is 134. The van der Waals surface area contributed by atoms with Crippen molar-refractivity contribution >= 4 is 0 Å². The highest BCUT2D eigenvalue weighted by atomic mass is 15.1. The SMILES string of the molecule is CCCCN1CCC(C)C(CN)C1. The van der Waals surface area contributed by atoms with Crippen molar-refractivity contribution < 1.29 is 0 Å². The van der Waals surface area contributed by atoms with Crippen molar-refractivity contribution in [1.82, 2.24) is 4.90 Å². The molecule has 78 valence electrons. The third-order valence-electron chi connectivity index (χ3n) is 3.33. The fourth-order valence-electron chi connectivity index (χ4n) is 2.12. The second-order valence-corrected chi connectivity index (χ2v) is 4.42. The van der Waals surface area contributed by atoms with Crippen LogP contribution >= 0.6 is 0 Å². The number of rotatable bonds is 4. The summed E-state index contributed by atoms with van der Waals surface area (Å²) in [6, 6.07) is 0. The van der Waals surface area contributed by atoms with Crippen LogP contribution in [0.2, 0.25) is 0 Å². The smallest absolute Gasteiger partial charge is 0.00243 e. The fourth-order valence-corrected chi connectivity index (χ4v) is 2.12. The molecule has 2 heteroatoms. The minimum absolute atomic E-state index is 0.741. The first-order valence-electron chi connectivity index (χ1n) is 5.70. The van der Waals surface area contributed by atoms with Gasteiger partial charge in [-0.25, -0.2) is 0 Å². The van der Waals surface area contributed by atoms with Crippen molar-refractivity contribution in [2.75, 3.05) is 26.2 Å². The molecule has 0 aromatic rings. The number of unbranched alkanes of at least 4 members (excludes halogenated alkanes) is 1. The average molecular weight is 184 g/mol. The van der Waals surface area contributed by atoms with E-state index >= 15 is 0 Å². The van der Waals surface area contributed by atoms with Gasteiger partial charge in [0, 0.05) is 6.54 Å². The fraction of sp³-hybridized carbons (Fsp3) is 1.00. The lowest BCUT2D eigenvalue weighted by Crippen LogP contribution is -2.42. The van der Waals surface area contributed by atoms with Gasteiger partial charge in [-0.3, -0.25) is 0 Å². The van der Waals surface area contributed by atoms with Crippen LogP contribution in [-0.2, 0) is 0 Å². The Hall–Kier alpha value is -0.0800. The van der Waals surface area contributed by atoms with Crippen LogP contribution in [0.5, 0.6) is 0 Å². The molecule has 1 saturated heterocycles. The van der Waals surface area contributed by atoms with E-state index in [9.17, 15) is 0 Å². The standard InChI is InChI=1S/C11H24N2/c1-3-4-6-13-7-5-10(2)11(8-12)9-13/h10-11H,3-9,12H2,1-2H3. The third-order valence-corrected chi connectivity index (χ3v) is 3.33. The number of hydrogen-bond acceptors (Lipinski definition) is 2. The van der Waals surface area contributed by atoms with E-state index in [1.807, 2.05) is 0 Å². The van der Waals surface area contributed by atoms with Crippen LogP contribution in [0.25, 0.3) is 0 Å². The Morgan fingerprint density at radius 1 is 1.46 bits per heavy atom. The minimum Gasteiger partial charge on any atom is -0.330 e. The Morgan fingerprint density at radius 3 is 2.85 bits per heavy atom. The topological polar surface area (TPSA) is 29.3 Å². The first-order valence-corrected chi connectivity index (χ1v) is 5.70. The second-order valence-electron chi connectivity index (χ2n) is 4.42. The van der Waals surface area contributed by atoms with Crippen LogP contribution < -0.4 is 5.73 Å². The van der Waals surface area contributed by atoms with Gasteiger partial charge in [-0.1, -0.05) is 20.3 Å². The zero-order valence-electron chi connectivity index (χ0n) is 9.13. The molecule has 2 unspecified atom stereocenters. The van der Waals surface area contributed by atoms with Gasteiger partial charge in [-0.05, 0) is 44.3 Å². The predicted octanol–water partition coefficient (Wildman–Crippen LogP) is 1.70. The summed E-state index contributed by atoms with van der Waals surface area (Å²) in [5, 5.41) is 0. The molecule has 0 aliphatic carbocycles. The Balaban J connectivity index is 2.27.